The Morgan fingerprint density at radius 3 is 2.30 bits per heavy atom. The number of piperidine rings is 1. The first kappa shape index (κ1) is 17.6. The van der Waals surface area contributed by atoms with E-state index in [4.69, 9.17) is 5.73 Å². The molecule has 1 aromatic rings. The van der Waals surface area contributed by atoms with Gasteiger partial charge in [0, 0.05) is 23.2 Å². The lowest BCUT2D eigenvalue weighted by Crippen LogP contribution is -2.44. The van der Waals surface area contributed by atoms with Crippen molar-refractivity contribution in [1.82, 2.24) is 0 Å². The third-order valence-electron chi connectivity index (χ3n) is 4.77. The summed E-state index contributed by atoms with van der Waals surface area (Å²) in [5, 5.41) is 3.00. The normalized spacial score (nSPS) is 22.1. The summed E-state index contributed by atoms with van der Waals surface area (Å²) in [6.45, 7) is 12.4. The molecule has 1 aliphatic rings. The lowest BCUT2D eigenvalue weighted by molar-refractivity contribution is -0.123. The topological polar surface area (TPSA) is 58.4 Å². The molecule has 0 aliphatic carbocycles. The molecule has 0 bridgehead atoms. The van der Waals surface area contributed by atoms with E-state index in [0.717, 1.165) is 11.3 Å². The Labute approximate surface area is 140 Å². The van der Waals surface area contributed by atoms with Gasteiger partial charge in [-0.1, -0.05) is 20.8 Å². The lowest BCUT2D eigenvalue weighted by Gasteiger charge is -2.42. The van der Waals surface area contributed by atoms with Crippen LogP contribution in [0.15, 0.2) is 12.1 Å². The van der Waals surface area contributed by atoms with Crippen molar-refractivity contribution in [2.75, 3.05) is 16.0 Å². The molecule has 4 heteroatoms. The second-order valence-corrected chi connectivity index (χ2v) is 7.97. The minimum atomic E-state index is -0.441. The fourth-order valence-electron chi connectivity index (χ4n) is 3.31. The van der Waals surface area contributed by atoms with Gasteiger partial charge in [-0.3, -0.25) is 4.79 Å². The predicted molar refractivity (Wildman–Crippen MR) is 98.9 cm³/mol. The third kappa shape index (κ3) is 3.80. The van der Waals surface area contributed by atoms with Gasteiger partial charge in [0.1, 0.15) is 0 Å². The zero-order chi connectivity index (χ0) is 17.4. The van der Waals surface area contributed by atoms with Gasteiger partial charge in [-0.25, -0.2) is 0 Å². The van der Waals surface area contributed by atoms with Crippen molar-refractivity contribution in [2.45, 2.75) is 72.9 Å². The van der Waals surface area contributed by atoms with Crippen LogP contribution in [0.25, 0.3) is 0 Å². The number of benzene rings is 1. The van der Waals surface area contributed by atoms with Crippen molar-refractivity contribution < 1.29 is 4.79 Å². The van der Waals surface area contributed by atoms with Gasteiger partial charge in [-0.15, -0.1) is 0 Å². The summed E-state index contributed by atoms with van der Waals surface area (Å²) in [7, 11) is 0. The molecule has 1 aromatic carbocycles. The van der Waals surface area contributed by atoms with E-state index in [-0.39, 0.29) is 5.91 Å². The summed E-state index contributed by atoms with van der Waals surface area (Å²) in [5.41, 5.74) is 9.40. The maximum atomic E-state index is 12.3. The van der Waals surface area contributed by atoms with E-state index >= 15 is 0 Å². The predicted octanol–water partition coefficient (Wildman–Crippen LogP) is 4.33. The average molecular weight is 317 g/mol. The van der Waals surface area contributed by atoms with Crippen LogP contribution in [0, 0.1) is 12.3 Å². The number of carbonyl (C=O) groups is 1. The molecule has 1 fully saturated rings. The van der Waals surface area contributed by atoms with Crippen LogP contribution in [-0.4, -0.2) is 18.0 Å². The maximum absolute atomic E-state index is 12.3. The van der Waals surface area contributed by atoms with Crippen molar-refractivity contribution in [2.24, 2.45) is 5.41 Å². The summed E-state index contributed by atoms with van der Waals surface area (Å²) in [6, 6.07) is 5.04. The highest BCUT2D eigenvalue weighted by Gasteiger charge is 2.27. The molecule has 1 saturated heterocycles. The van der Waals surface area contributed by atoms with Crippen LogP contribution >= 0.6 is 0 Å². The maximum Gasteiger partial charge on any atom is 0.229 e. The van der Waals surface area contributed by atoms with E-state index in [1.165, 1.54) is 24.9 Å². The summed E-state index contributed by atoms with van der Waals surface area (Å²) in [6.07, 6.45) is 3.69. The molecular weight excluding hydrogens is 286 g/mol. The van der Waals surface area contributed by atoms with Crippen LogP contribution < -0.4 is 16.0 Å². The average Bonchev–Trinajstić information content (AvgIpc) is 2.42. The van der Waals surface area contributed by atoms with Gasteiger partial charge in [-0.05, 0) is 57.7 Å². The number of nitrogens with one attached hydrogen (secondary N) is 1. The Morgan fingerprint density at radius 1 is 1.22 bits per heavy atom. The number of carbonyl (C=O) groups excluding carboxylic acids is 1. The lowest BCUT2D eigenvalue weighted by atomic mass is 9.94. The molecule has 4 nitrogen and oxygen atoms in total. The van der Waals surface area contributed by atoms with E-state index in [0.29, 0.717) is 17.8 Å². The second-order valence-electron chi connectivity index (χ2n) is 7.97. The van der Waals surface area contributed by atoms with Crippen LogP contribution in [-0.2, 0) is 4.79 Å². The molecule has 2 rings (SSSR count). The highest BCUT2D eigenvalue weighted by molar-refractivity contribution is 5.98. The molecule has 0 saturated carbocycles. The molecule has 2 atom stereocenters. The molecule has 128 valence electrons. The molecule has 0 aromatic heterocycles. The van der Waals surface area contributed by atoms with Crippen molar-refractivity contribution in [3.05, 3.63) is 17.7 Å². The molecular formula is C19H31N3O. The van der Waals surface area contributed by atoms with E-state index in [1.807, 2.05) is 32.9 Å². The van der Waals surface area contributed by atoms with Gasteiger partial charge in [-0.2, -0.15) is 0 Å². The SMILES string of the molecule is Cc1cc(N)c(NC(=O)C(C)(C)C)cc1N1[C@@H](C)CCC[C@@H]1C. The Balaban J connectivity index is 2.38. The van der Waals surface area contributed by atoms with E-state index in [1.54, 1.807) is 0 Å². The highest BCUT2D eigenvalue weighted by Crippen LogP contribution is 2.36. The molecule has 1 heterocycles. The summed E-state index contributed by atoms with van der Waals surface area (Å²) in [4.78, 5) is 14.8. The van der Waals surface area contributed by atoms with Gasteiger partial charge >= 0.3 is 0 Å². The van der Waals surface area contributed by atoms with Crippen molar-refractivity contribution in [3.63, 3.8) is 0 Å². The fourth-order valence-corrected chi connectivity index (χ4v) is 3.31. The number of nitrogens with zero attached hydrogens (tertiary/aromatic N) is 1. The molecule has 0 unspecified atom stereocenters. The fraction of sp³-hybridized carbons (Fsp3) is 0.632. The van der Waals surface area contributed by atoms with Crippen molar-refractivity contribution in [1.29, 1.82) is 0 Å². The van der Waals surface area contributed by atoms with Gasteiger partial charge in [0.25, 0.3) is 0 Å². The highest BCUT2D eigenvalue weighted by atomic mass is 16.2. The number of nitrogens with two attached hydrogens (primary N) is 1. The Hall–Kier alpha value is -1.71. The number of hydrogen-bond donors (Lipinski definition) is 2. The zero-order valence-corrected chi connectivity index (χ0v) is 15.4. The van der Waals surface area contributed by atoms with Crippen LogP contribution in [0.4, 0.5) is 17.1 Å². The Kier molecular flexibility index (Phi) is 4.92. The number of aryl methyl sites for hydroxylation is 1. The summed E-state index contributed by atoms with van der Waals surface area (Å²) in [5.74, 6) is -0.0151. The van der Waals surface area contributed by atoms with Crippen molar-refractivity contribution in [3.8, 4) is 0 Å². The molecule has 1 aliphatic heterocycles. The molecule has 0 radical (unpaired) electrons. The zero-order valence-electron chi connectivity index (χ0n) is 15.4. The largest absolute Gasteiger partial charge is 0.397 e. The van der Waals surface area contributed by atoms with E-state index < -0.39 is 5.41 Å². The van der Waals surface area contributed by atoms with E-state index in [2.05, 4.69) is 31.0 Å². The van der Waals surface area contributed by atoms with Crippen LogP contribution in [0.5, 0.6) is 0 Å². The van der Waals surface area contributed by atoms with Gasteiger partial charge in [0.2, 0.25) is 5.91 Å². The minimum Gasteiger partial charge on any atom is -0.397 e. The number of rotatable bonds is 2. The van der Waals surface area contributed by atoms with Crippen molar-refractivity contribution >= 4 is 23.0 Å². The van der Waals surface area contributed by atoms with Crippen LogP contribution in [0.3, 0.4) is 0 Å². The Bertz CT molecular complexity index is 579. The van der Waals surface area contributed by atoms with E-state index in [9.17, 15) is 4.79 Å². The molecule has 23 heavy (non-hydrogen) atoms. The van der Waals surface area contributed by atoms with Crippen LogP contribution in [0.2, 0.25) is 0 Å². The number of anilines is 3. The first-order chi connectivity index (χ1) is 10.6. The molecule has 3 N–H and O–H groups in total. The van der Waals surface area contributed by atoms with Gasteiger partial charge in [0.15, 0.2) is 0 Å². The van der Waals surface area contributed by atoms with Gasteiger partial charge < -0.3 is 16.0 Å². The smallest absolute Gasteiger partial charge is 0.229 e. The van der Waals surface area contributed by atoms with Crippen LogP contribution in [0.1, 0.15) is 59.4 Å². The first-order valence-corrected chi connectivity index (χ1v) is 8.61. The molecule has 1 amide bonds. The van der Waals surface area contributed by atoms with Gasteiger partial charge in [0.05, 0.1) is 11.4 Å². The quantitative estimate of drug-likeness (QED) is 0.798. The first-order valence-electron chi connectivity index (χ1n) is 8.61. The standard InChI is InChI=1S/C19H31N3O/c1-12-10-15(20)16(21-18(23)19(4,5)6)11-17(12)22-13(2)8-7-9-14(22)3/h10-11,13-14H,7-9,20H2,1-6H3,(H,21,23)/t13-,14-/m0/s1. The number of amides is 1. The summed E-state index contributed by atoms with van der Waals surface area (Å²) < 4.78 is 0. The molecule has 0 spiro atoms. The minimum absolute atomic E-state index is 0.0151. The number of hydrogen-bond acceptors (Lipinski definition) is 3. The third-order valence-corrected chi connectivity index (χ3v) is 4.77. The monoisotopic (exact) mass is 317 g/mol. The Morgan fingerprint density at radius 2 is 1.78 bits per heavy atom. The summed E-state index contributed by atoms with van der Waals surface area (Å²) >= 11 is 0. The second kappa shape index (κ2) is 6.42. The number of nitrogen functional groups attached to an aromatic ring is 1.